The lowest BCUT2D eigenvalue weighted by Gasteiger charge is -2.15. The van der Waals surface area contributed by atoms with Gasteiger partial charge in [-0.25, -0.2) is 4.79 Å². The molecule has 5 heteroatoms. The van der Waals surface area contributed by atoms with E-state index in [1.54, 1.807) is 12.1 Å². The van der Waals surface area contributed by atoms with Gasteiger partial charge in [-0.15, -0.1) is 0 Å². The smallest absolute Gasteiger partial charge is 0.314 e. The van der Waals surface area contributed by atoms with Crippen molar-refractivity contribution >= 4 is 6.03 Å². The lowest BCUT2D eigenvalue weighted by Crippen LogP contribution is -2.38. The van der Waals surface area contributed by atoms with Crippen molar-refractivity contribution in [2.45, 2.75) is 25.9 Å². The standard InChI is InChI=1S/C19H24N2O3/c1-14-5-2-3-7-17(14)18(23)13-21-19(24)20-12-4-6-15-8-10-16(22)11-9-15/h2-3,5,7-11,18,22-23H,4,6,12-13H2,1H3,(H2,20,21,24). The topological polar surface area (TPSA) is 81.6 Å². The van der Waals surface area contributed by atoms with Crippen LogP contribution >= 0.6 is 0 Å². The minimum atomic E-state index is -0.714. The molecule has 128 valence electrons. The highest BCUT2D eigenvalue weighted by atomic mass is 16.3. The number of aliphatic hydroxyl groups excluding tert-OH is 1. The molecule has 0 spiro atoms. The van der Waals surface area contributed by atoms with E-state index in [-0.39, 0.29) is 18.3 Å². The van der Waals surface area contributed by atoms with Gasteiger partial charge in [0.15, 0.2) is 0 Å². The van der Waals surface area contributed by atoms with Crippen LogP contribution in [0.3, 0.4) is 0 Å². The molecule has 0 aromatic heterocycles. The summed E-state index contributed by atoms with van der Waals surface area (Å²) in [5.41, 5.74) is 2.94. The van der Waals surface area contributed by atoms with Gasteiger partial charge in [-0.3, -0.25) is 0 Å². The highest BCUT2D eigenvalue weighted by Gasteiger charge is 2.11. The third-order valence-corrected chi connectivity index (χ3v) is 3.87. The summed E-state index contributed by atoms with van der Waals surface area (Å²) in [6.45, 7) is 2.66. The Labute approximate surface area is 142 Å². The number of phenols is 1. The van der Waals surface area contributed by atoms with Crippen molar-refractivity contribution in [3.63, 3.8) is 0 Å². The van der Waals surface area contributed by atoms with Crippen LogP contribution < -0.4 is 10.6 Å². The second-order valence-electron chi connectivity index (χ2n) is 5.78. The molecule has 2 aromatic rings. The first kappa shape index (κ1) is 17.8. The number of benzene rings is 2. The number of aliphatic hydroxyl groups is 1. The van der Waals surface area contributed by atoms with Crippen LogP contribution in [0, 0.1) is 6.92 Å². The molecule has 2 amide bonds. The minimum Gasteiger partial charge on any atom is -0.508 e. The van der Waals surface area contributed by atoms with E-state index in [2.05, 4.69) is 10.6 Å². The summed E-state index contributed by atoms with van der Waals surface area (Å²) >= 11 is 0. The van der Waals surface area contributed by atoms with Crippen LogP contribution in [0.5, 0.6) is 5.75 Å². The number of phenolic OH excluding ortho intramolecular Hbond substituents is 1. The molecule has 1 unspecified atom stereocenters. The Morgan fingerprint density at radius 2 is 1.79 bits per heavy atom. The number of hydrogen-bond acceptors (Lipinski definition) is 3. The zero-order valence-corrected chi connectivity index (χ0v) is 13.8. The SMILES string of the molecule is Cc1ccccc1C(O)CNC(=O)NCCCc1ccc(O)cc1. The van der Waals surface area contributed by atoms with Crippen LogP contribution in [-0.4, -0.2) is 29.3 Å². The number of rotatable bonds is 7. The molecule has 0 aliphatic rings. The maximum Gasteiger partial charge on any atom is 0.314 e. The Bertz CT molecular complexity index is 656. The van der Waals surface area contributed by atoms with Gasteiger partial charge in [-0.1, -0.05) is 36.4 Å². The minimum absolute atomic E-state index is 0.175. The van der Waals surface area contributed by atoms with E-state index >= 15 is 0 Å². The average molecular weight is 328 g/mol. The number of aryl methyl sites for hydroxylation is 2. The van der Waals surface area contributed by atoms with E-state index in [1.165, 1.54) is 0 Å². The Hall–Kier alpha value is -2.53. The van der Waals surface area contributed by atoms with E-state index in [0.29, 0.717) is 6.54 Å². The fourth-order valence-electron chi connectivity index (χ4n) is 2.48. The van der Waals surface area contributed by atoms with Gasteiger partial charge in [0.25, 0.3) is 0 Å². The van der Waals surface area contributed by atoms with Crippen molar-refractivity contribution in [3.05, 3.63) is 65.2 Å². The highest BCUT2D eigenvalue weighted by Crippen LogP contribution is 2.16. The molecule has 24 heavy (non-hydrogen) atoms. The monoisotopic (exact) mass is 328 g/mol. The van der Waals surface area contributed by atoms with Gasteiger partial charge in [0.05, 0.1) is 6.10 Å². The zero-order valence-electron chi connectivity index (χ0n) is 13.8. The van der Waals surface area contributed by atoms with Gasteiger partial charge in [-0.05, 0) is 48.6 Å². The van der Waals surface area contributed by atoms with E-state index in [4.69, 9.17) is 0 Å². The van der Waals surface area contributed by atoms with E-state index in [9.17, 15) is 15.0 Å². The Morgan fingerprint density at radius 1 is 1.08 bits per heavy atom. The third-order valence-electron chi connectivity index (χ3n) is 3.87. The predicted octanol–water partition coefficient (Wildman–Crippen LogP) is 2.67. The molecule has 2 aromatic carbocycles. The van der Waals surface area contributed by atoms with Crippen LogP contribution in [0.25, 0.3) is 0 Å². The first-order valence-electron chi connectivity index (χ1n) is 8.09. The maximum absolute atomic E-state index is 11.8. The van der Waals surface area contributed by atoms with E-state index < -0.39 is 6.10 Å². The summed E-state index contributed by atoms with van der Waals surface area (Å²) in [7, 11) is 0. The van der Waals surface area contributed by atoms with Crippen molar-refractivity contribution in [1.29, 1.82) is 0 Å². The molecular weight excluding hydrogens is 304 g/mol. The highest BCUT2D eigenvalue weighted by molar-refractivity contribution is 5.73. The van der Waals surface area contributed by atoms with Crippen molar-refractivity contribution in [2.75, 3.05) is 13.1 Å². The van der Waals surface area contributed by atoms with Gasteiger partial charge in [0, 0.05) is 13.1 Å². The molecule has 0 saturated heterocycles. The summed E-state index contributed by atoms with van der Waals surface area (Å²) in [6, 6.07) is 14.3. The van der Waals surface area contributed by atoms with Gasteiger partial charge in [0.2, 0.25) is 0 Å². The van der Waals surface area contributed by atoms with Crippen LogP contribution in [0.2, 0.25) is 0 Å². The Balaban J connectivity index is 1.64. The number of nitrogens with one attached hydrogen (secondary N) is 2. The second kappa shape index (κ2) is 8.93. The summed E-state index contributed by atoms with van der Waals surface area (Å²) in [5.74, 6) is 0.253. The van der Waals surface area contributed by atoms with Crippen molar-refractivity contribution < 1.29 is 15.0 Å². The van der Waals surface area contributed by atoms with Gasteiger partial charge >= 0.3 is 6.03 Å². The first-order chi connectivity index (χ1) is 11.6. The molecule has 0 bridgehead atoms. The Morgan fingerprint density at radius 3 is 2.50 bits per heavy atom. The van der Waals surface area contributed by atoms with Crippen molar-refractivity contribution in [3.8, 4) is 5.75 Å². The summed E-state index contributed by atoms with van der Waals surface area (Å²) in [5, 5.41) is 24.8. The normalized spacial score (nSPS) is 11.8. The fourth-order valence-corrected chi connectivity index (χ4v) is 2.48. The fraction of sp³-hybridized carbons (Fsp3) is 0.316. The molecule has 4 N–H and O–H groups in total. The van der Waals surface area contributed by atoms with Gasteiger partial charge < -0.3 is 20.8 Å². The second-order valence-corrected chi connectivity index (χ2v) is 5.78. The summed E-state index contributed by atoms with van der Waals surface area (Å²) < 4.78 is 0. The quantitative estimate of drug-likeness (QED) is 0.590. The molecule has 0 saturated carbocycles. The number of hydrogen-bond donors (Lipinski definition) is 4. The maximum atomic E-state index is 11.8. The number of amides is 2. The largest absolute Gasteiger partial charge is 0.508 e. The molecule has 5 nitrogen and oxygen atoms in total. The molecule has 0 aliphatic heterocycles. The lowest BCUT2D eigenvalue weighted by atomic mass is 10.0. The van der Waals surface area contributed by atoms with Gasteiger partial charge in [-0.2, -0.15) is 0 Å². The molecule has 1 atom stereocenters. The average Bonchev–Trinajstić information content (AvgIpc) is 2.58. The van der Waals surface area contributed by atoms with Crippen molar-refractivity contribution in [1.82, 2.24) is 10.6 Å². The van der Waals surface area contributed by atoms with Crippen LogP contribution in [-0.2, 0) is 6.42 Å². The lowest BCUT2D eigenvalue weighted by molar-refractivity contribution is 0.172. The van der Waals surface area contributed by atoms with E-state index in [0.717, 1.165) is 29.5 Å². The number of carbonyl (C=O) groups is 1. The van der Waals surface area contributed by atoms with Crippen LogP contribution in [0.1, 0.15) is 29.2 Å². The molecule has 0 aliphatic carbocycles. The molecule has 0 radical (unpaired) electrons. The molecule has 0 heterocycles. The Kier molecular flexibility index (Phi) is 6.63. The molecule has 0 fully saturated rings. The van der Waals surface area contributed by atoms with Crippen LogP contribution in [0.15, 0.2) is 48.5 Å². The van der Waals surface area contributed by atoms with E-state index in [1.807, 2.05) is 43.3 Å². The summed E-state index contributed by atoms with van der Waals surface area (Å²) in [4.78, 5) is 11.8. The predicted molar refractivity (Wildman–Crippen MR) is 94.0 cm³/mol. The molecular formula is C19H24N2O3. The molecule has 2 rings (SSSR count). The van der Waals surface area contributed by atoms with Crippen LogP contribution in [0.4, 0.5) is 4.79 Å². The first-order valence-corrected chi connectivity index (χ1v) is 8.09. The number of aromatic hydroxyl groups is 1. The van der Waals surface area contributed by atoms with Crippen molar-refractivity contribution in [2.24, 2.45) is 0 Å². The van der Waals surface area contributed by atoms with Gasteiger partial charge in [0.1, 0.15) is 5.75 Å². The number of carbonyl (C=O) groups excluding carboxylic acids is 1. The third kappa shape index (κ3) is 5.59. The number of urea groups is 1. The zero-order chi connectivity index (χ0) is 17.4. The summed E-state index contributed by atoms with van der Waals surface area (Å²) in [6.07, 6.45) is 0.916.